The van der Waals surface area contributed by atoms with Gasteiger partial charge in [-0.05, 0) is 53.1 Å². The summed E-state index contributed by atoms with van der Waals surface area (Å²) in [4.78, 5) is 4.18. The molecule has 7 aromatic rings. The van der Waals surface area contributed by atoms with Crippen molar-refractivity contribution in [3.63, 3.8) is 0 Å². The summed E-state index contributed by atoms with van der Waals surface area (Å²) in [5, 5.41) is 13.8. The van der Waals surface area contributed by atoms with Crippen LogP contribution >= 0.6 is 0 Å². The van der Waals surface area contributed by atoms with Crippen LogP contribution in [0.1, 0.15) is 22.3 Å². The Kier molecular flexibility index (Phi) is 8.14. The van der Waals surface area contributed by atoms with Gasteiger partial charge in [-0.15, -0.1) is 0 Å². The highest BCUT2D eigenvalue weighted by Crippen LogP contribution is 2.43. The van der Waals surface area contributed by atoms with E-state index < -0.39 is 24.4 Å². The molecule has 7 rings (SSSR count). The topological polar surface area (TPSA) is 69.8 Å². The predicted octanol–water partition coefficient (Wildman–Crippen LogP) is 7.85. The molecular weight excluding hydrogens is 601 g/mol. The minimum atomic E-state index is -2.65. The molecule has 0 atom stereocenters. The summed E-state index contributed by atoms with van der Waals surface area (Å²) in [6.45, 7) is -0.645. The number of anilines is 1. The number of ether oxygens (including phenoxy) is 1. The molecule has 1 N–H and O–H groups in total. The van der Waals surface area contributed by atoms with E-state index in [1.165, 1.54) is 24.5 Å². The summed E-state index contributed by atoms with van der Waals surface area (Å²) < 4.78 is 48.8. The summed E-state index contributed by atoms with van der Waals surface area (Å²) in [5.41, 5.74) is 4.09. The van der Waals surface area contributed by atoms with Crippen LogP contribution in [-0.4, -0.2) is 37.6 Å². The SMILES string of the molecule is Fc1ccc(OCC(F)F)c(CNc2ccc3c(c2)c(-n2cncn2)nn3C(c2ccccc2)(c2ccccc2)c2ccccc2)c1. The first-order valence-electron chi connectivity index (χ1n) is 15.0. The fourth-order valence-electron chi connectivity index (χ4n) is 6.04. The van der Waals surface area contributed by atoms with Gasteiger partial charge in [0.2, 0.25) is 0 Å². The average molecular weight is 631 g/mol. The molecule has 0 aliphatic heterocycles. The van der Waals surface area contributed by atoms with Crippen molar-refractivity contribution in [2.45, 2.75) is 18.5 Å². The van der Waals surface area contributed by atoms with Crippen molar-refractivity contribution in [2.75, 3.05) is 11.9 Å². The van der Waals surface area contributed by atoms with Gasteiger partial charge < -0.3 is 10.1 Å². The van der Waals surface area contributed by atoms with Crippen LogP contribution in [0.25, 0.3) is 16.7 Å². The van der Waals surface area contributed by atoms with Crippen molar-refractivity contribution >= 4 is 16.6 Å². The molecule has 0 saturated heterocycles. The van der Waals surface area contributed by atoms with Gasteiger partial charge >= 0.3 is 0 Å². The van der Waals surface area contributed by atoms with Gasteiger partial charge in [0.25, 0.3) is 6.43 Å². The van der Waals surface area contributed by atoms with Crippen molar-refractivity contribution in [3.8, 4) is 11.6 Å². The smallest absolute Gasteiger partial charge is 0.272 e. The molecular formula is C37H29F3N6O. The van der Waals surface area contributed by atoms with Crippen LogP contribution in [-0.2, 0) is 12.1 Å². The van der Waals surface area contributed by atoms with E-state index in [9.17, 15) is 13.2 Å². The van der Waals surface area contributed by atoms with E-state index in [0.29, 0.717) is 17.1 Å². The van der Waals surface area contributed by atoms with E-state index in [4.69, 9.17) is 9.84 Å². The molecule has 2 heterocycles. The van der Waals surface area contributed by atoms with E-state index in [0.717, 1.165) is 27.6 Å². The highest BCUT2D eigenvalue weighted by atomic mass is 19.3. The molecule has 2 aromatic heterocycles. The fourth-order valence-corrected chi connectivity index (χ4v) is 6.04. The third-order valence-corrected chi connectivity index (χ3v) is 8.06. The lowest BCUT2D eigenvalue weighted by Crippen LogP contribution is -2.38. The Balaban J connectivity index is 1.40. The monoisotopic (exact) mass is 630 g/mol. The second-order valence-electron chi connectivity index (χ2n) is 10.9. The van der Waals surface area contributed by atoms with Crippen LogP contribution < -0.4 is 10.1 Å². The van der Waals surface area contributed by atoms with Gasteiger partial charge in [0.15, 0.2) is 5.82 Å². The highest BCUT2D eigenvalue weighted by Gasteiger charge is 2.41. The molecule has 0 amide bonds. The van der Waals surface area contributed by atoms with Gasteiger partial charge in [0.05, 0.1) is 5.52 Å². The number of halogens is 3. The number of benzene rings is 5. The Morgan fingerprint density at radius 2 is 1.40 bits per heavy atom. The lowest BCUT2D eigenvalue weighted by atomic mass is 9.77. The molecule has 0 spiro atoms. The van der Waals surface area contributed by atoms with E-state index in [-0.39, 0.29) is 12.3 Å². The maximum Gasteiger partial charge on any atom is 0.272 e. The first-order chi connectivity index (χ1) is 23.0. The predicted molar refractivity (Wildman–Crippen MR) is 174 cm³/mol. The molecule has 0 radical (unpaired) electrons. The number of fused-ring (bicyclic) bond motifs is 1. The van der Waals surface area contributed by atoms with Crippen LogP contribution in [0.4, 0.5) is 18.9 Å². The molecule has 47 heavy (non-hydrogen) atoms. The Morgan fingerprint density at radius 1 is 0.766 bits per heavy atom. The van der Waals surface area contributed by atoms with E-state index in [2.05, 4.69) is 51.8 Å². The number of nitrogens with zero attached hydrogens (tertiary/aromatic N) is 5. The molecule has 0 fully saturated rings. The summed E-state index contributed by atoms with van der Waals surface area (Å²) in [6, 6.07) is 40.4. The summed E-state index contributed by atoms with van der Waals surface area (Å²) in [7, 11) is 0. The zero-order valence-electron chi connectivity index (χ0n) is 25.0. The van der Waals surface area contributed by atoms with Crippen molar-refractivity contribution in [1.82, 2.24) is 24.5 Å². The quantitative estimate of drug-likeness (QED) is 0.148. The molecule has 0 unspecified atom stereocenters. The Labute approximate surface area is 268 Å². The zero-order chi connectivity index (χ0) is 32.2. The van der Waals surface area contributed by atoms with Crippen LogP contribution in [0.15, 0.2) is 140 Å². The first kappa shape index (κ1) is 29.8. The van der Waals surface area contributed by atoms with Crippen molar-refractivity contribution in [1.29, 1.82) is 0 Å². The number of hydrogen-bond acceptors (Lipinski definition) is 5. The van der Waals surface area contributed by atoms with Gasteiger partial charge in [0.1, 0.15) is 36.4 Å². The van der Waals surface area contributed by atoms with Gasteiger partial charge in [-0.1, -0.05) is 91.0 Å². The van der Waals surface area contributed by atoms with Gasteiger partial charge in [0, 0.05) is 23.2 Å². The molecule has 10 heteroatoms. The van der Waals surface area contributed by atoms with E-state index in [1.807, 2.05) is 77.5 Å². The minimum absolute atomic E-state index is 0.136. The second kappa shape index (κ2) is 12.8. The maximum absolute atomic E-state index is 14.2. The first-order valence-corrected chi connectivity index (χ1v) is 15.0. The Morgan fingerprint density at radius 3 is 1.98 bits per heavy atom. The van der Waals surface area contributed by atoms with Crippen molar-refractivity contribution in [3.05, 3.63) is 168 Å². The minimum Gasteiger partial charge on any atom is -0.487 e. The average Bonchev–Trinajstić information content (AvgIpc) is 3.78. The third kappa shape index (κ3) is 5.69. The fraction of sp³-hybridized carbons (Fsp3) is 0.108. The number of nitrogens with one attached hydrogen (secondary N) is 1. The van der Waals surface area contributed by atoms with E-state index >= 15 is 0 Å². The molecule has 0 saturated carbocycles. The lowest BCUT2D eigenvalue weighted by Gasteiger charge is -2.37. The molecule has 7 nitrogen and oxygen atoms in total. The molecule has 234 valence electrons. The molecule has 0 aliphatic rings. The van der Waals surface area contributed by atoms with Crippen molar-refractivity contribution in [2.24, 2.45) is 0 Å². The van der Waals surface area contributed by atoms with Crippen LogP contribution in [0.2, 0.25) is 0 Å². The molecule has 5 aromatic carbocycles. The summed E-state index contributed by atoms with van der Waals surface area (Å²) in [5.74, 6) is 0.255. The largest absolute Gasteiger partial charge is 0.487 e. The number of aromatic nitrogens is 5. The number of alkyl halides is 2. The van der Waals surface area contributed by atoms with Crippen LogP contribution in [0, 0.1) is 5.82 Å². The third-order valence-electron chi connectivity index (χ3n) is 8.06. The Bertz CT molecular complexity index is 1990. The highest BCUT2D eigenvalue weighted by molar-refractivity contribution is 5.90. The molecule has 0 bridgehead atoms. The lowest BCUT2D eigenvalue weighted by molar-refractivity contribution is 0.0814. The van der Waals surface area contributed by atoms with Crippen molar-refractivity contribution < 1.29 is 17.9 Å². The van der Waals surface area contributed by atoms with Gasteiger partial charge in [-0.3, -0.25) is 0 Å². The van der Waals surface area contributed by atoms with Crippen LogP contribution in [0.3, 0.4) is 0 Å². The summed E-state index contributed by atoms with van der Waals surface area (Å²) in [6.07, 6.45) is 0.405. The van der Waals surface area contributed by atoms with Gasteiger partial charge in [-0.25, -0.2) is 27.5 Å². The maximum atomic E-state index is 14.2. The standard InChI is InChI=1S/C37H29F3N6O/c38-30-16-19-34(47-23-35(39)40)26(20-30)22-42-31-17-18-33-32(21-31)36(45-25-41-24-43-45)44-46(33)37(27-10-4-1-5-11-27,28-12-6-2-7-13-28)29-14-8-3-9-15-29/h1-21,24-25,35,42H,22-23H2. The van der Waals surface area contributed by atoms with E-state index in [1.54, 1.807) is 11.0 Å². The van der Waals surface area contributed by atoms with Crippen LogP contribution in [0.5, 0.6) is 5.75 Å². The normalized spacial score (nSPS) is 11.7. The number of hydrogen-bond donors (Lipinski definition) is 1. The second-order valence-corrected chi connectivity index (χ2v) is 10.9. The zero-order valence-corrected chi connectivity index (χ0v) is 25.0. The van der Waals surface area contributed by atoms with Gasteiger partial charge in [-0.2, -0.15) is 10.2 Å². The Hall–Kier alpha value is -5.90. The summed E-state index contributed by atoms with van der Waals surface area (Å²) >= 11 is 0. The molecule has 0 aliphatic carbocycles. The number of rotatable bonds is 11.